The van der Waals surface area contributed by atoms with Crippen molar-refractivity contribution in [3.8, 4) is 0 Å². The molecule has 0 aliphatic heterocycles. The summed E-state index contributed by atoms with van der Waals surface area (Å²) in [7, 11) is 0. The molecule has 0 saturated carbocycles. The molecule has 0 unspecified atom stereocenters. The van der Waals surface area contributed by atoms with Crippen LogP contribution in [0.4, 0.5) is 0 Å². The molecule has 20 heavy (non-hydrogen) atoms. The van der Waals surface area contributed by atoms with E-state index in [2.05, 4.69) is 31.0 Å². The molecule has 1 N–H and O–H groups in total. The van der Waals surface area contributed by atoms with Crippen molar-refractivity contribution in [1.29, 1.82) is 0 Å². The predicted octanol–water partition coefficient (Wildman–Crippen LogP) is 2.08. The number of rotatable bonds is 10. The zero-order chi connectivity index (χ0) is 15.0. The number of nitrogens with zero attached hydrogens (tertiary/aromatic N) is 3. The SMILES string of the molecule is CCCOCCc1nnc(SCC(=O)O)n1CC(C)C. The van der Waals surface area contributed by atoms with E-state index in [1.807, 2.05) is 4.57 Å². The molecular formula is C13H23N3O3S. The van der Waals surface area contributed by atoms with Crippen LogP contribution in [0.3, 0.4) is 0 Å². The standard InChI is InChI=1S/C13H23N3O3S/c1-4-6-19-7-5-11-14-15-13(20-9-12(17)18)16(11)8-10(2)3/h10H,4-9H2,1-3H3,(H,17,18). The molecule has 0 atom stereocenters. The zero-order valence-electron chi connectivity index (χ0n) is 12.3. The van der Waals surface area contributed by atoms with Crippen LogP contribution < -0.4 is 0 Å². The van der Waals surface area contributed by atoms with Gasteiger partial charge in [-0.2, -0.15) is 0 Å². The zero-order valence-corrected chi connectivity index (χ0v) is 13.2. The molecule has 1 aromatic rings. The molecule has 0 radical (unpaired) electrons. The minimum atomic E-state index is -0.845. The highest BCUT2D eigenvalue weighted by atomic mass is 32.2. The van der Waals surface area contributed by atoms with Crippen molar-refractivity contribution in [2.75, 3.05) is 19.0 Å². The van der Waals surface area contributed by atoms with Crippen LogP contribution in [-0.4, -0.2) is 44.8 Å². The number of thioether (sulfide) groups is 1. The number of hydrogen-bond donors (Lipinski definition) is 1. The van der Waals surface area contributed by atoms with Gasteiger partial charge in [-0.3, -0.25) is 4.79 Å². The quantitative estimate of drug-likeness (QED) is 0.526. The van der Waals surface area contributed by atoms with E-state index in [1.54, 1.807) is 0 Å². The van der Waals surface area contributed by atoms with Gasteiger partial charge in [0.05, 0.1) is 12.4 Å². The lowest BCUT2D eigenvalue weighted by Gasteiger charge is -2.12. The Bertz CT molecular complexity index is 421. The Kier molecular flexibility index (Phi) is 7.61. The van der Waals surface area contributed by atoms with Crippen LogP contribution in [0.15, 0.2) is 5.16 Å². The molecule has 7 heteroatoms. The molecule has 0 aromatic carbocycles. The number of aliphatic carboxylic acids is 1. The Morgan fingerprint density at radius 2 is 2.15 bits per heavy atom. The number of aromatic nitrogens is 3. The average molecular weight is 301 g/mol. The predicted molar refractivity (Wildman–Crippen MR) is 78.0 cm³/mol. The van der Waals surface area contributed by atoms with Crippen molar-refractivity contribution in [3.63, 3.8) is 0 Å². The maximum Gasteiger partial charge on any atom is 0.313 e. The fourth-order valence-electron chi connectivity index (χ4n) is 1.70. The Morgan fingerprint density at radius 3 is 2.75 bits per heavy atom. The highest BCUT2D eigenvalue weighted by Crippen LogP contribution is 2.18. The molecule has 0 aliphatic carbocycles. The molecule has 0 bridgehead atoms. The first-order valence-electron chi connectivity index (χ1n) is 6.89. The molecule has 0 amide bonds. The fourth-order valence-corrected chi connectivity index (χ4v) is 2.38. The lowest BCUT2D eigenvalue weighted by Crippen LogP contribution is -2.12. The molecular weight excluding hydrogens is 278 g/mol. The lowest BCUT2D eigenvalue weighted by atomic mass is 10.2. The van der Waals surface area contributed by atoms with Gasteiger partial charge in [-0.05, 0) is 12.3 Å². The van der Waals surface area contributed by atoms with Crippen molar-refractivity contribution in [2.24, 2.45) is 5.92 Å². The Labute approximate surface area is 123 Å². The third-order valence-electron chi connectivity index (χ3n) is 2.48. The van der Waals surface area contributed by atoms with Crippen molar-refractivity contribution < 1.29 is 14.6 Å². The Hall–Kier alpha value is -1.08. The van der Waals surface area contributed by atoms with Crippen LogP contribution in [0.1, 0.15) is 33.0 Å². The molecule has 1 rings (SSSR count). The van der Waals surface area contributed by atoms with Gasteiger partial charge in [-0.25, -0.2) is 0 Å². The van der Waals surface area contributed by atoms with Crippen LogP contribution in [0.2, 0.25) is 0 Å². The maximum atomic E-state index is 10.7. The van der Waals surface area contributed by atoms with E-state index < -0.39 is 5.97 Å². The molecule has 6 nitrogen and oxygen atoms in total. The highest BCUT2D eigenvalue weighted by molar-refractivity contribution is 7.99. The van der Waals surface area contributed by atoms with Crippen molar-refractivity contribution in [3.05, 3.63) is 5.82 Å². The third-order valence-corrected chi connectivity index (χ3v) is 3.44. The van der Waals surface area contributed by atoms with E-state index in [1.165, 1.54) is 11.8 Å². The smallest absolute Gasteiger partial charge is 0.313 e. The van der Waals surface area contributed by atoms with Gasteiger partial charge in [-0.1, -0.05) is 32.5 Å². The topological polar surface area (TPSA) is 77.2 Å². The Balaban J connectivity index is 2.69. The normalized spacial score (nSPS) is 11.2. The summed E-state index contributed by atoms with van der Waals surface area (Å²) < 4.78 is 7.48. The van der Waals surface area contributed by atoms with Crippen molar-refractivity contribution >= 4 is 17.7 Å². The monoisotopic (exact) mass is 301 g/mol. The minimum absolute atomic E-state index is 0.00254. The second-order valence-corrected chi connectivity index (χ2v) is 5.89. The summed E-state index contributed by atoms with van der Waals surface area (Å²) in [5.74, 6) is 0.470. The largest absolute Gasteiger partial charge is 0.481 e. The lowest BCUT2D eigenvalue weighted by molar-refractivity contribution is -0.133. The molecule has 0 saturated heterocycles. The fraction of sp³-hybridized carbons (Fsp3) is 0.769. The molecule has 0 aliphatic rings. The number of carbonyl (C=O) groups is 1. The van der Waals surface area contributed by atoms with E-state index in [0.29, 0.717) is 24.1 Å². The summed E-state index contributed by atoms with van der Waals surface area (Å²) in [6.07, 6.45) is 1.70. The van der Waals surface area contributed by atoms with Gasteiger partial charge in [0.2, 0.25) is 0 Å². The summed E-state index contributed by atoms with van der Waals surface area (Å²) >= 11 is 1.21. The molecule has 0 spiro atoms. The van der Waals surface area contributed by atoms with Crippen LogP contribution >= 0.6 is 11.8 Å². The first kappa shape index (κ1) is 17.0. The second-order valence-electron chi connectivity index (χ2n) is 4.95. The summed E-state index contributed by atoms with van der Waals surface area (Å²) in [5, 5.41) is 17.7. The van der Waals surface area contributed by atoms with E-state index in [0.717, 1.165) is 25.4 Å². The summed E-state index contributed by atoms with van der Waals surface area (Å²) in [5.41, 5.74) is 0. The van der Waals surface area contributed by atoms with Gasteiger partial charge in [0.1, 0.15) is 5.82 Å². The second kappa shape index (κ2) is 8.97. The van der Waals surface area contributed by atoms with Crippen LogP contribution in [0.25, 0.3) is 0 Å². The van der Waals surface area contributed by atoms with Crippen LogP contribution in [-0.2, 0) is 22.5 Å². The first-order chi connectivity index (χ1) is 9.54. The minimum Gasteiger partial charge on any atom is -0.481 e. The van der Waals surface area contributed by atoms with Crippen molar-refractivity contribution in [2.45, 2.75) is 45.3 Å². The van der Waals surface area contributed by atoms with Gasteiger partial charge in [0.25, 0.3) is 0 Å². The maximum absolute atomic E-state index is 10.7. The van der Waals surface area contributed by atoms with Gasteiger partial charge in [0, 0.05) is 19.6 Å². The van der Waals surface area contributed by atoms with E-state index in [4.69, 9.17) is 9.84 Å². The van der Waals surface area contributed by atoms with E-state index in [9.17, 15) is 4.79 Å². The average Bonchev–Trinajstić information content (AvgIpc) is 2.74. The van der Waals surface area contributed by atoms with Gasteiger partial charge in [0.15, 0.2) is 5.16 Å². The van der Waals surface area contributed by atoms with Gasteiger partial charge >= 0.3 is 5.97 Å². The summed E-state index contributed by atoms with van der Waals surface area (Å²) in [6, 6.07) is 0. The number of carboxylic acids is 1. The van der Waals surface area contributed by atoms with E-state index >= 15 is 0 Å². The highest BCUT2D eigenvalue weighted by Gasteiger charge is 2.14. The number of ether oxygens (including phenoxy) is 1. The Morgan fingerprint density at radius 1 is 1.40 bits per heavy atom. The third kappa shape index (κ3) is 5.92. The van der Waals surface area contributed by atoms with E-state index in [-0.39, 0.29) is 5.75 Å². The molecule has 1 heterocycles. The molecule has 0 fully saturated rings. The van der Waals surface area contributed by atoms with Gasteiger partial charge in [-0.15, -0.1) is 10.2 Å². The number of carboxylic acid groups (broad SMARTS) is 1. The van der Waals surface area contributed by atoms with Gasteiger partial charge < -0.3 is 14.4 Å². The molecule has 1 aromatic heterocycles. The summed E-state index contributed by atoms with van der Waals surface area (Å²) in [6.45, 7) is 8.46. The first-order valence-corrected chi connectivity index (χ1v) is 7.87. The van der Waals surface area contributed by atoms with Crippen LogP contribution in [0.5, 0.6) is 0 Å². The molecule has 114 valence electrons. The van der Waals surface area contributed by atoms with Crippen molar-refractivity contribution in [1.82, 2.24) is 14.8 Å². The number of hydrogen-bond acceptors (Lipinski definition) is 5. The van der Waals surface area contributed by atoms with Crippen LogP contribution in [0, 0.1) is 5.92 Å². The summed E-state index contributed by atoms with van der Waals surface area (Å²) in [4.78, 5) is 10.7.